The van der Waals surface area contributed by atoms with Gasteiger partial charge in [-0.15, -0.1) is 6.58 Å². The summed E-state index contributed by atoms with van der Waals surface area (Å²) in [5.41, 5.74) is 0.967. The Balaban J connectivity index is 1.96. The van der Waals surface area contributed by atoms with Crippen LogP contribution in [0.4, 0.5) is 4.39 Å². The monoisotopic (exact) mass is 343 g/mol. The van der Waals surface area contributed by atoms with Crippen LogP contribution in [0.1, 0.15) is 15.9 Å². The van der Waals surface area contributed by atoms with Gasteiger partial charge in [0.25, 0.3) is 5.91 Å². The van der Waals surface area contributed by atoms with Gasteiger partial charge in [-0.2, -0.15) is 0 Å². The number of carbonyl (C=O) groups excluding carboxylic acids is 2. The smallest absolute Gasteiger partial charge is 0.342 e. The van der Waals surface area contributed by atoms with Crippen molar-refractivity contribution in [3.8, 4) is 5.75 Å². The molecule has 6 heteroatoms. The standard InChI is InChI=1S/C19H18FNO4/c1-2-11-21-18(22)13-25-19(23)16-5-3-4-6-17(16)24-12-14-7-9-15(20)10-8-14/h2-10H,1,11-13H2,(H,21,22). The van der Waals surface area contributed by atoms with E-state index in [9.17, 15) is 14.0 Å². The van der Waals surface area contributed by atoms with Gasteiger partial charge in [-0.05, 0) is 29.8 Å². The molecule has 0 bridgehead atoms. The molecule has 0 spiro atoms. The lowest BCUT2D eigenvalue weighted by molar-refractivity contribution is -0.124. The van der Waals surface area contributed by atoms with Crippen molar-refractivity contribution in [2.75, 3.05) is 13.2 Å². The van der Waals surface area contributed by atoms with E-state index in [0.717, 1.165) is 5.56 Å². The van der Waals surface area contributed by atoms with Crippen LogP contribution in [0.5, 0.6) is 5.75 Å². The number of esters is 1. The van der Waals surface area contributed by atoms with Gasteiger partial charge in [-0.3, -0.25) is 4.79 Å². The lowest BCUT2D eigenvalue weighted by Gasteiger charge is -2.11. The van der Waals surface area contributed by atoms with Crippen molar-refractivity contribution >= 4 is 11.9 Å². The van der Waals surface area contributed by atoms with Crippen LogP contribution < -0.4 is 10.1 Å². The number of carbonyl (C=O) groups is 2. The average Bonchev–Trinajstić information content (AvgIpc) is 2.64. The second-order valence-corrected chi connectivity index (χ2v) is 5.08. The number of hydrogen-bond donors (Lipinski definition) is 1. The Bertz CT molecular complexity index is 743. The Morgan fingerprint density at radius 3 is 2.56 bits per heavy atom. The van der Waals surface area contributed by atoms with Crippen LogP contribution in [-0.4, -0.2) is 25.0 Å². The minimum Gasteiger partial charge on any atom is -0.488 e. The minimum atomic E-state index is -0.663. The molecule has 130 valence electrons. The van der Waals surface area contributed by atoms with Crippen molar-refractivity contribution in [2.45, 2.75) is 6.61 Å². The molecular formula is C19H18FNO4. The largest absolute Gasteiger partial charge is 0.488 e. The van der Waals surface area contributed by atoms with Crippen LogP contribution >= 0.6 is 0 Å². The van der Waals surface area contributed by atoms with E-state index >= 15 is 0 Å². The molecule has 0 aliphatic carbocycles. The third-order valence-corrected chi connectivity index (χ3v) is 3.19. The molecule has 25 heavy (non-hydrogen) atoms. The predicted molar refractivity (Wildman–Crippen MR) is 90.7 cm³/mol. The highest BCUT2D eigenvalue weighted by atomic mass is 19.1. The lowest BCUT2D eigenvalue weighted by atomic mass is 10.2. The maximum Gasteiger partial charge on any atom is 0.342 e. The highest BCUT2D eigenvalue weighted by Crippen LogP contribution is 2.20. The molecule has 1 amide bonds. The molecule has 2 aromatic rings. The van der Waals surface area contributed by atoms with Gasteiger partial charge in [0.2, 0.25) is 0 Å². The Labute approximate surface area is 145 Å². The van der Waals surface area contributed by atoms with Crippen LogP contribution in [-0.2, 0) is 16.1 Å². The number of halogens is 1. The number of hydrogen-bond acceptors (Lipinski definition) is 4. The van der Waals surface area contributed by atoms with Crippen LogP contribution in [0.3, 0.4) is 0 Å². The molecule has 1 N–H and O–H groups in total. The highest BCUT2D eigenvalue weighted by Gasteiger charge is 2.15. The minimum absolute atomic E-state index is 0.171. The summed E-state index contributed by atoms with van der Waals surface area (Å²) in [4.78, 5) is 23.6. The van der Waals surface area contributed by atoms with Crippen molar-refractivity contribution in [3.05, 3.63) is 78.1 Å². The summed E-state index contributed by atoms with van der Waals surface area (Å²) in [6.07, 6.45) is 1.53. The van der Waals surface area contributed by atoms with E-state index in [1.807, 2.05) is 0 Å². The van der Waals surface area contributed by atoms with Gasteiger partial charge in [0.05, 0.1) is 0 Å². The first-order valence-corrected chi connectivity index (χ1v) is 7.61. The summed E-state index contributed by atoms with van der Waals surface area (Å²) in [6.45, 7) is 3.56. The van der Waals surface area contributed by atoms with Gasteiger partial charge in [0, 0.05) is 6.54 Å². The normalized spacial score (nSPS) is 9.96. The first-order valence-electron chi connectivity index (χ1n) is 7.61. The third-order valence-electron chi connectivity index (χ3n) is 3.19. The van der Waals surface area contributed by atoms with Crippen LogP contribution in [0.15, 0.2) is 61.2 Å². The van der Waals surface area contributed by atoms with Gasteiger partial charge < -0.3 is 14.8 Å². The molecule has 2 aromatic carbocycles. The fourth-order valence-corrected chi connectivity index (χ4v) is 1.95. The molecule has 2 rings (SSSR count). The third kappa shape index (κ3) is 5.76. The maximum absolute atomic E-state index is 12.9. The number of nitrogens with one attached hydrogen (secondary N) is 1. The summed E-state index contributed by atoms with van der Waals surface area (Å²) >= 11 is 0. The first-order chi connectivity index (χ1) is 12.1. The fraction of sp³-hybridized carbons (Fsp3) is 0.158. The van der Waals surface area contributed by atoms with Crippen molar-refractivity contribution in [3.63, 3.8) is 0 Å². The molecule has 5 nitrogen and oxygen atoms in total. The number of para-hydroxylation sites is 1. The van der Waals surface area contributed by atoms with Crippen LogP contribution in [0.2, 0.25) is 0 Å². The zero-order chi connectivity index (χ0) is 18.1. The molecule has 0 atom stereocenters. The predicted octanol–water partition coefficient (Wildman–Crippen LogP) is 2.86. The summed E-state index contributed by atoms with van der Waals surface area (Å²) < 4.78 is 23.5. The zero-order valence-electron chi connectivity index (χ0n) is 13.5. The van der Waals surface area contributed by atoms with E-state index in [0.29, 0.717) is 12.3 Å². The second-order valence-electron chi connectivity index (χ2n) is 5.08. The summed E-state index contributed by atoms with van der Waals surface area (Å²) in [5.74, 6) is -1.09. The topological polar surface area (TPSA) is 64.6 Å². The molecule has 0 saturated carbocycles. The Morgan fingerprint density at radius 2 is 1.84 bits per heavy atom. The number of rotatable bonds is 8. The van der Waals surface area contributed by atoms with Crippen molar-refractivity contribution in [1.29, 1.82) is 0 Å². The lowest BCUT2D eigenvalue weighted by Crippen LogP contribution is -2.28. The van der Waals surface area contributed by atoms with Gasteiger partial charge in [0.15, 0.2) is 6.61 Å². The highest BCUT2D eigenvalue weighted by molar-refractivity contribution is 5.94. The van der Waals surface area contributed by atoms with Crippen LogP contribution in [0.25, 0.3) is 0 Å². The van der Waals surface area contributed by atoms with E-state index in [1.54, 1.807) is 36.4 Å². The van der Waals surface area contributed by atoms with Gasteiger partial charge in [0.1, 0.15) is 23.7 Å². The summed E-state index contributed by atoms with van der Waals surface area (Å²) in [6, 6.07) is 12.4. The molecule has 0 aliphatic heterocycles. The molecule has 0 unspecified atom stereocenters. The van der Waals surface area contributed by atoms with Crippen molar-refractivity contribution in [1.82, 2.24) is 5.32 Å². The van der Waals surface area contributed by atoms with Crippen molar-refractivity contribution < 1.29 is 23.5 Å². The fourth-order valence-electron chi connectivity index (χ4n) is 1.95. The molecular weight excluding hydrogens is 325 g/mol. The first kappa shape index (κ1) is 18.2. The number of ether oxygens (including phenoxy) is 2. The van der Waals surface area contributed by atoms with E-state index in [-0.39, 0.29) is 24.6 Å². The molecule has 0 aliphatic rings. The second kappa shape index (κ2) is 9.22. The molecule has 0 radical (unpaired) electrons. The SMILES string of the molecule is C=CCNC(=O)COC(=O)c1ccccc1OCc1ccc(F)cc1. The number of benzene rings is 2. The summed E-state index contributed by atoms with van der Waals surface area (Å²) in [7, 11) is 0. The van der Waals surface area contributed by atoms with E-state index in [1.165, 1.54) is 18.2 Å². The van der Waals surface area contributed by atoms with Crippen LogP contribution in [0, 0.1) is 5.82 Å². The molecule has 0 aromatic heterocycles. The number of amides is 1. The Hall–Kier alpha value is -3.15. The van der Waals surface area contributed by atoms with Crippen molar-refractivity contribution in [2.24, 2.45) is 0 Å². The summed E-state index contributed by atoms with van der Waals surface area (Å²) in [5, 5.41) is 2.51. The van der Waals surface area contributed by atoms with Gasteiger partial charge in [-0.25, -0.2) is 9.18 Å². The van der Waals surface area contributed by atoms with Gasteiger partial charge in [-0.1, -0.05) is 30.3 Å². The Morgan fingerprint density at radius 1 is 1.12 bits per heavy atom. The molecule has 0 fully saturated rings. The molecule has 0 saturated heterocycles. The maximum atomic E-state index is 12.9. The Kier molecular flexibility index (Phi) is 6.71. The van der Waals surface area contributed by atoms with E-state index in [4.69, 9.17) is 9.47 Å². The van der Waals surface area contributed by atoms with E-state index < -0.39 is 11.9 Å². The zero-order valence-corrected chi connectivity index (χ0v) is 13.5. The average molecular weight is 343 g/mol. The van der Waals surface area contributed by atoms with E-state index in [2.05, 4.69) is 11.9 Å². The quantitative estimate of drug-likeness (QED) is 0.591. The molecule has 0 heterocycles. The van der Waals surface area contributed by atoms with Gasteiger partial charge >= 0.3 is 5.97 Å².